The zero-order valence-electron chi connectivity index (χ0n) is 15.4. The van der Waals surface area contributed by atoms with Gasteiger partial charge in [-0.15, -0.1) is 11.3 Å². The second kappa shape index (κ2) is 9.19. The Bertz CT molecular complexity index is 879. The van der Waals surface area contributed by atoms with Crippen LogP contribution in [0.5, 0.6) is 11.5 Å². The average molecular weight is 400 g/mol. The fourth-order valence-electron chi connectivity index (χ4n) is 3.00. The van der Waals surface area contributed by atoms with E-state index >= 15 is 0 Å². The highest BCUT2D eigenvalue weighted by molar-refractivity contribution is 7.13. The van der Waals surface area contributed by atoms with Gasteiger partial charge in [0.2, 0.25) is 5.91 Å². The van der Waals surface area contributed by atoms with E-state index in [1.807, 2.05) is 6.07 Å². The molecule has 1 unspecified atom stereocenters. The first kappa shape index (κ1) is 19.6. The Morgan fingerprint density at radius 1 is 1.43 bits per heavy atom. The Morgan fingerprint density at radius 3 is 3.00 bits per heavy atom. The molecule has 28 heavy (non-hydrogen) atoms. The fraction of sp³-hybridized carbons (Fsp3) is 0.368. The van der Waals surface area contributed by atoms with Crippen molar-refractivity contribution in [2.45, 2.75) is 12.8 Å². The topological polar surface area (TPSA) is 105 Å². The standard InChI is InChI=1S/C19H20N4O4S/c1-26-16-9-13(10-20)4-5-15(16)27-12-17(24)23-7-2-3-14(11-23)18(25)22-19-21-6-8-28-19/h4-6,8-9,14H,2-3,7,11-12H2,1H3,(H,21,22,25). The summed E-state index contributed by atoms with van der Waals surface area (Å²) in [5.74, 6) is 0.197. The summed E-state index contributed by atoms with van der Waals surface area (Å²) < 4.78 is 10.8. The number of ether oxygens (including phenoxy) is 2. The minimum absolute atomic E-state index is 0.123. The molecule has 0 aliphatic carbocycles. The third-order valence-corrected chi connectivity index (χ3v) is 5.14. The quantitative estimate of drug-likeness (QED) is 0.798. The van der Waals surface area contributed by atoms with Crippen molar-refractivity contribution in [1.29, 1.82) is 5.26 Å². The molecule has 9 heteroatoms. The number of rotatable bonds is 6. The molecule has 1 fully saturated rings. The Hall–Kier alpha value is -3.12. The van der Waals surface area contributed by atoms with Crippen LogP contribution in [0.25, 0.3) is 0 Å². The van der Waals surface area contributed by atoms with Crippen molar-refractivity contribution in [3.63, 3.8) is 0 Å². The predicted molar refractivity (Wildman–Crippen MR) is 103 cm³/mol. The van der Waals surface area contributed by atoms with Crippen LogP contribution in [0.3, 0.4) is 0 Å². The van der Waals surface area contributed by atoms with Gasteiger partial charge in [-0.2, -0.15) is 5.26 Å². The number of aromatic nitrogens is 1. The number of likely N-dealkylation sites (tertiary alicyclic amines) is 1. The van der Waals surface area contributed by atoms with Crippen LogP contribution in [-0.4, -0.2) is 48.5 Å². The summed E-state index contributed by atoms with van der Waals surface area (Å²) in [4.78, 5) is 30.6. The number of thiazole rings is 1. The molecule has 2 heterocycles. The Kier molecular flexibility index (Phi) is 6.45. The second-order valence-electron chi connectivity index (χ2n) is 6.27. The van der Waals surface area contributed by atoms with Crippen LogP contribution in [0.4, 0.5) is 5.13 Å². The maximum atomic E-state index is 12.5. The number of carbonyl (C=O) groups is 2. The minimum Gasteiger partial charge on any atom is -0.493 e. The summed E-state index contributed by atoms with van der Waals surface area (Å²) in [6.07, 6.45) is 3.11. The van der Waals surface area contributed by atoms with Gasteiger partial charge in [-0.25, -0.2) is 4.98 Å². The smallest absolute Gasteiger partial charge is 0.260 e. The zero-order valence-corrected chi connectivity index (χ0v) is 16.2. The van der Waals surface area contributed by atoms with Crippen LogP contribution in [0.15, 0.2) is 29.8 Å². The molecular weight excluding hydrogens is 380 g/mol. The Labute approximate surface area is 166 Å². The predicted octanol–water partition coefficient (Wildman–Crippen LogP) is 2.28. The number of piperidine rings is 1. The lowest BCUT2D eigenvalue weighted by molar-refractivity contribution is -0.136. The van der Waals surface area contributed by atoms with Gasteiger partial charge < -0.3 is 19.7 Å². The largest absolute Gasteiger partial charge is 0.493 e. The lowest BCUT2D eigenvalue weighted by Gasteiger charge is -2.31. The van der Waals surface area contributed by atoms with E-state index in [0.29, 0.717) is 35.3 Å². The van der Waals surface area contributed by atoms with Crippen LogP contribution < -0.4 is 14.8 Å². The van der Waals surface area contributed by atoms with Gasteiger partial charge in [0.1, 0.15) is 0 Å². The first-order chi connectivity index (χ1) is 13.6. The number of hydrogen-bond acceptors (Lipinski definition) is 7. The van der Waals surface area contributed by atoms with Crippen LogP contribution >= 0.6 is 11.3 Å². The van der Waals surface area contributed by atoms with E-state index in [2.05, 4.69) is 10.3 Å². The summed E-state index contributed by atoms with van der Waals surface area (Å²) in [6.45, 7) is 0.778. The van der Waals surface area contributed by atoms with Gasteiger partial charge in [0.05, 0.1) is 24.7 Å². The SMILES string of the molecule is COc1cc(C#N)ccc1OCC(=O)N1CCCC(C(=O)Nc2nccs2)C1. The van der Waals surface area contributed by atoms with E-state index in [9.17, 15) is 9.59 Å². The van der Waals surface area contributed by atoms with Crippen molar-refractivity contribution in [2.24, 2.45) is 5.92 Å². The third kappa shape index (κ3) is 4.78. The van der Waals surface area contributed by atoms with Crippen LogP contribution in [0.2, 0.25) is 0 Å². The number of nitrogens with zero attached hydrogens (tertiary/aromatic N) is 3. The van der Waals surface area contributed by atoms with Crippen molar-refractivity contribution < 1.29 is 19.1 Å². The summed E-state index contributed by atoms with van der Waals surface area (Å²) in [5, 5.41) is 14.1. The summed E-state index contributed by atoms with van der Waals surface area (Å²) in [7, 11) is 1.47. The van der Waals surface area contributed by atoms with E-state index in [1.54, 1.807) is 34.7 Å². The normalized spacial score (nSPS) is 16.1. The molecule has 1 aromatic heterocycles. The first-order valence-corrected chi connectivity index (χ1v) is 9.67. The number of amides is 2. The Balaban J connectivity index is 1.55. The van der Waals surface area contributed by atoms with E-state index in [-0.39, 0.29) is 24.3 Å². The summed E-state index contributed by atoms with van der Waals surface area (Å²) >= 11 is 1.36. The molecule has 2 amide bonds. The van der Waals surface area contributed by atoms with Crippen molar-refractivity contribution in [3.8, 4) is 17.6 Å². The molecule has 1 N–H and O–H groups in total. The maximum absolute atomic E-state index is 12.5. The molecule has 1 saturated heterocycles. The van der Waals surface area contributed by atoms with Gasteiger partial charge in [-0.3, -0.25) is 9.59 Å². The number of carbonyl (C=O) groups excluding carboxylic acids is 2. The number of benzene rings is 1. The van der Waals surface area contributed by atoms with Crippen LogP contribution in [-0.2, 0) is 9.59 Å². The van der Waals surface area contributed by atoms with Crippen LogP contribution in [0.1, 0.15) is 18.4 Å². The lowest BCUT2D eigenvalue weighted by atomic mass is 9.97. The molecular formula is C19H20N4O4S. The van der Waals surface area contributed by atoms with Gasteiger partial charge in [0.15, 0.2) is 23.2 Å². The molecule has 1 aliphatic rings. The summed E-state index contributed by atoms with van der Waals surface area (Å²) in [6, 6.07) is 6.78. The number of hydrogen-bond donors (Lipinski definition) is 1. The van der Waals surface area contributed by atoms with E-state index in [1.165, 1.54) is 18.4 Å². The van der Waals surface area contributed by atoms with Crippen molar-refractivity contribution >= 4 is 28.3 Å². The maximum Gasteiger partial charge on any atom is 0.260 e. The Morgan fingerprint density at radius 2 is 2.29 bits per heavy atom. The fourth-order valence-corrected chi connectivity index (χ4v) is 3.53. The molecule has 0 bridgehead atoms. The number of anilines is 1. The highest BCUT2D eigenvalue weighted by Gasteiger charge is 2.29. The molecule has 0 spiro atoms. The number of nitriles is 1. The van der Waals surface area contributed by atoms with Gasteiger partial charge in [0.25, 0.3) is 5.91 Å². The average Bonchev–Trinajstić information content (AvgIpc) is 3.24. The molecule has 1 aromatic carbocycles. The van der Waals surface area contributed by atoms with Gasteiger partial charge in [-0.1, -0.05) is 0 Å². The van der Waals surface area contributed by atoms with Crippen molar-refractivity contribution in [1.82, 2.24) is 9.88 Å². The third-order valence-electron chi connectivity index (χ3n) is 4.45. The number of nitrogens with one attached hydrogen (secondary N) is 1. The minimum atomic E-state index is -0.272. The molecule has 2 aromatic rings. The monoisotopic (exact) mass is 400 g/mol. The zero-order chi connectivity index (χ0) is 19.9. The van der Waals surface area contributed by atoms with E-state index in [0.717, 1.165) is 12.8 Å². The van der Waals surface area contributed by atoms with Gasteiger partial charge in [-0.05, 0) is 25.0 Å². The van der Waals surface area contributed by atoms with E-state index < -0.39 is 0 Å². The van der Waals surface area contributed by atoms with E-state index in [4.69, 9.17) is 14.7 Å². The van der Waals surface area contributed by atoms with Crippen LogP contribution in [0, 0.1) is 17.2 Å². The molecule has 1 atom stereocenters. The van der Waals surface area contributed by atoms with Gasteiger partial charge in [0, 0.05) is 30.7 Å². The van der Waals surface area contributed by atoms with Crippen molar-refractivity contribution in [2.75, 3.05) is 32.1 Å². The molecule has 0 saturated carbocycles. The first-order valence-electron chi connectivity index (χ1n) is 8.79. The highest BCUT2D eigenvalue weighted by Crippen LogP contribution is 2.28. The number of methoxy groups -OCH3 is 1. The highest BCUT2D eigenvalue weighted by atomic mass is 32.1. The molecule has 146 valence electrons. The molecule has 1 aliphatic heterocycles. The second-order valence-corrected chi connectivity index (χ2v) is 7.17. The molecule has 3 rings (SSSR count). The summed E-state index contributed by atoms with van der Waals surface area (Å²) in [5.41, 5.74) is 0.445. The van der Waals surface area contributed by atoms with Gasteiger partial charge >= 0.3 is 0 Å². The molecule has 8 nitrogen and oxygen atoms in total. The molecule has 0 radical (unpaired) electrons. The van der Waals surface area contributed by atoms with Crippen molar-refractivity contribution in [3.05, 3.63) is 35.3 Å². The lowest BCUT2D eigenvalue weighted by Crippen LogP contribution is -2.45.